The number of hydrogen-bond donors (Lipinski definition) is 1. The zero-order valence-electron chi connectivity index (χ0n) is 22.2. The van der Waals surface area contributed by atoms with E-state index in [0.29, 0.717) is 18.7 Å². The fourth-order valence-electron chi connectivity index (χ4n) is 4.65. The first-order chi connectivity index (χ1) is 17.5. The van der Waals surface area contributed by atoms with E-state index in [-0.39, 0.29) is 30.8 Å². The van der Waals surface area contributed by atoms with E-state index in [1.54, 1.807) is 17.9 Å². The number of halogens is 1. The van der Waals surface area contributed by atoms with Crippen LogP contribution >= 0.6 is 15.9 Å². The van der Waals surface area contributed by atoms with Gasteiger partial charge in [-0.2, -0.15) is 0 Å². The fraction of sp³-hybridized carbons (Fsp3) is 0.500. The van der Waals surface area contributed by atoms with Crippen molar-refractivity contribution in [3.63, 3.8) is 0 Å². The Hall–Kier alpha value is -2.39. The van der Waals surface area contributed by atoms with Crippen molar-refractivity contribution < 1.29 is 18.0 Å². The van der Waals surface area contributed by atoms with Gasteiger partial charge in [0.15, 0.2) is 0 Å². The number of nitrogens with zero attached hydrogens (tertiary/aromatic N) is 2. The summed E-state index contributed by atoms with van der Waals surface area (Å²) in [4.78, 5) is 28.1. The van der Waals surface area contributed by atoms with Crippen LogP contribution in [-0.4, -0.2) is 50.0 Å². The molecule has 1 aliphatic rings. The third kappa shape index (κ3) is 8.30. The van der Waals surface area contributed by atoms with Gasteiger partial charge >= 0.3 is 0 Å². The Balaban J connectivity index is 1.72. The third-order valence-electron chi connectivity index (χ3n) is 7.07. The molecule has 3 rings (SSSR count). The van der Waals surface area contributed by atoms with Crippen LogP contribution in [0.15, 0.2) is 46.9 Å². The van der Waals surface area contributed by atoms with Crippen LogP contribution in [0.1, 0.15) is 62.1 Å². The lowest BCUT2D eigenvalue weighted by atomic mass is 10.1. The van der Waals surface area contributed by atoms with Crippen molar-refractivity contribution in [2.75, 3.05) is 17.1 Å². The Kier molecular flexibility index (Phi) is 10.2. The quantitative estimate of drug-likeness (QED) is 0.394. The van der Waals surface area contributed by atoms with Crippen molar-refractivity contribution in [3.05, 3.63) is 63.6 Å². The molecule has 202 valence electrons. The predicted octanol–water partition coefficient (Wildman–Crippen LogP) is 5.09. The number of benzene rings is 2. The minimum atomic E-state index is -3.52. The minimum Gasteiger partial charge on any atom is -0.352 e. The van der Waals surface area contributed by atoms with E-state index in [9.17, 15) is 18.0 Å². The van der Waals surface area contributed by atoms with Crippen LogP contribution in [0.5, 0.6) is 0 Å². The summed E-state index contributed by atoms with van der Waals surface area (Å²) < 4.78 is 27.4. The number of anilines is 1. The van der Waals surface area contributed by atoms with Gasteiger partial charge in [0.05, 0.1) is 11.9 Å². The van der Waals surface area contributed by atoms with E-state index in [1.165, 1.54) is 10.6 Å². The van der Waals surface area contributed by atoms with E-state index in [1.807, 2.05) is 50.2 Å². The molecule has 1 aliphatic carbocycles. The van der Waals surface area contributed by atoms with Crippen molar-refractivity contribution in [2.45, 2.75) is 77.9 Å². The van der Waals surface area contributed by atoms with Crippen molar-refractivity contribution >= 4 is 43.5 Å². The van der Waals surface area contributed by atoms with Crippen LogP contribution in [0.25, 0.3) is 0 Å². The molecular formula is C28H38BrN3O4S. The van der Waals surface area contributed by atoms with Gasteiger partial charge in [0, 0.05) is 30.0 Å². The van der Waals surface area contributed by atoms with Gasteiger partial charge in [-0.25, -0.2) is 8.42 Å². The van der Waals surface area contributed by atoms with Crippen molar-refractivity contribution in [2.24, 2.45) is 0 Å². The van der Waals surface area contributed by atoms with Gasteiger partial charge in [0.2, 0.25) is 21.8 Å². The van der Waals surface area contributed by atoms with E-state index < -0.39 is 16.1 Å². The summed E-state index contributed by atoms with van der Waals surface area (Å²) in [7, 11) is -3.52. The second-order valence-corrected chi connectivity index (χ2v) is 12.8. The van der Waals surface area contributed by atoms with Gasteiger partial charge < -0.3 is 10.2 Å². The average molecular weight is 593 g/mol. The lowest BCUT2D eigenvalue weighted by Crippen LogP contribution is -2.49. The molecule has 0 saturated heterocycles. The summed E-state index contributed by atoms with van der Waals surface area (Å²) in [6.07, 6.45) is 5.81. The standard InChI is InChI=1S/C28H38BrN3O4S/c1-20-11-16-26(18-21(20)2)32(37(4,35)36)17-7-10-27(33)31(19-23-12-14-24(29)15-13-23)22(3)28(34)30-25-8-5-6-9-25/h11-16,18,22,25H,5-10,17,19H2,1-4H3,(H,30,34)/t22-/m0/s1. The van der Waals surface area contributed by atoms with E-state index in [4.69, 9.17) is 0 Å². The monoisotopic (exact) mass is 591 g/mol. The van der Waals surface area contributed by atoms with Crippen LogP contribution in [0.4, 0.5) is 5.69 Å². The number of aryl methyl sites for hydroxylation is 2. The maximum absolute atomic E-state index is 13.4. The topological polar surface area (TPSA) is 86.8 Å². The van der Waals surface area contributed by atoms with Crippen LogP contribution in [0, 0.1) is 13.8 Å². The molecule has 1 N–H and O–H groups in total. The second-order valence-electron chi connectivity index (χ2n) is 10.0. The Labute approximate surface area is 229 Å². The number of sulfonamides is 1. The maximum Gasteiger partial charge on any atom is 0.242 e. The summed E-state index contributed by atoms with van der Waals surface area (Å²) in [5.74, 6) is -0.323. The number of nitrogens with one attached hydrogen (secondary N) is 1. The first-order valence-electron chi connectivity index (χ1n) is 12.8. The molecule has 1 atom stereocenters. The Morgan fingerprint density at radius 3 is 2.30 bits per heavy atom. The van der Waals surface area contributed by atoms with Gasteiger partial charge in [-0.1, -0.05) is 47.0 Å². The number of carbonyl (C=O) groups excluding carboxylic acids is 2. The molecule has 2 aromatic carbocycles. The van der Waals surface area contributed by atoms with E-state index in [0.717, 1.165) is 46.8 Å². The molecule has 1 fully saturated rings. The molecule has 7 nitrogen and oxygen atoms in total. The first kappa shape index (κ1) is 29.2. The van der Waals surface area contributed by atoms with Gasteiger partial charge in [-0.05, 0) is 81.0 Å². The Bertz CT molecular complexity index is 1190. The van der Waals surface area contributed by atoms with Gasteiger partial charge in [-0.15, -0.1) is 0 Å². The molecule has 0 spiro atoms. The first-order valence-corrected chi connectivity index (χ1v) is 15.5. The van der Waals surface area contributed by atoms with Gasteiger partial charge in [0.25, 0.3) is 0 Å². The molecule has 37 heavy (non-hydrogen) atoms. The molecule has 0 aromatic heterocycles. The smallest absolute Gasteiger partial charge is 0.242 e. The van der Waals surface area contributed by atoms with Gasteiger partial charge in [0.1, 0.15) is 6.04 Å². The number of carbonyl (C=O) groups is 2. The van der Waals surface area contributed by atoms with Crippen LogP contribution < -0.4 is 9.62 Å². The van der Waals surface area contributed by atoms with E-state index >= 15 is 0 Å². The highest BCUT2D eigenvalue weighted by atomic mass is 79.9. The second kappa shape index (κ2) is 12.9. The number of rotatable bonds is 11. The van der Waals surface area contributed by atoms with Crippen molar-refractivity contribution in [1.29, 1.82) is 0 Å². The highest BCUT2D eigenvalue weighted by molar-refractivity contribution is 9.10. The lowest BCUT2D eigenvalue weighted by Gasteiger charge is -2.30. The Morgan fingerprint density at radius 2 is 1.70 bits per heavy atom. The zero-order valence-corrected chi connectivity index (χ0v) is 24.6. The van der Waals surface area contributed by atoms with E-state index in [2.05, 4.69) is 21.2 Å². The summed E-state index contributed by atoms with van der Waals surface area (Å²) in [5, 5.41) is 3.11. The summed E-state index contributed by atoms with van der Waals surface area (Å²) in [6.45, 7) is 6.17. The molecule has 0 aliphatic heterocycles. The summed E-state index contributed by atoms with van der Waals surface area (Å²) in [5.41, 5.74) is 3.60. The predicted molar refractivity (Wildman–Crippen MR) is 152 cm³/mol. The van der Waals surface area contributed by atoms with Crippen molar-refractivity contribution in [3.8, 4) is 0 Å². The van der Waals surface area contributed by atoms with Crippen LogP contribution in [0.2, 0.25) is 0 Å². The number of amides is 2. The molecule has 2 amide bonds. The molecule has 0 unspecified atom stereocenters. The van der Waals surface area contributed by atoms with Crippen molar-refractivity contribution in [1.82, 2.24) is 10.2 Å². The molecule has 0 radical (unpaired) electrons. The number of hydrogen-bond acceptors (Lipinski definition) is 4. The molecular weight excluding hydrogens is 554 g/mol. The fourth-order valence-corrected chi connectivity index (χ4v) is 5.87. The largest absolute Gasteiger partial charge is 0.352 e. The normalized spacial score (nSPS) is 14.8. The molecule has 0 bridgehead atoms. The average Bonchev–Trinajstić information content (AvgIpc) is 3.35. The molecule has 9 heteroatoms. The molecule has 0 heterocycles. The third-order valence-corrected chi connectivity index (χ3v) is 8.79. The minimum absolute atomic E-state index is 0.133. The summed E-state index contributed by atoms with van der Waals surface area (Å²) >= 11 is 3.43. The SMILES string of the molecule is Cc1ccc(N(CCCC(=O)N(Cc2ccc(Br)cc2)[C@@H](C)C(=O)NC2CCCC2)S(C)(=O)=O)cc1C. The maximum atomic E-state index is 13.4. The summed E-state index contributed by atoms with van der Waals surface area (Å²) in [6, 6.07) is 12.8. The highest BCUT2D eigenvalue weighted by Crippen LogP contribution is 2.23. The van der Waals surface area contributed by atoms with Gasteiger partial charge in [-0.3, -0.25) is 13.9 Å². The lowest BCUT2D eigenvalue weighted by molar-refractivity contribution is -0.141. The highest BCUT2D eigenvalue weighted by Gasteiger charge is 2.28. The Morgan fingerprint density at radius 1 is 1.05 bits per heavy atom. The molecule has 1 saturated carbocycles. The molecule has 2 aromatic rings. The van der Waals surface area contributed by atoms with Crippen LogP contribution in [-0.2, 0) is 26.2 Å². The zero-order chi connectivity index (χ0) is 27.2. The van der Waals surface area contributed by atoms with Crippen LogP contribution in [0.3, 0.4) is 0 Å².